The highest BCUT2D eigenvalue weighted by Crippen LogP contribution is 2.19. The summed E-state index contributed by atoms with van der Waals surface area (Å²) in [6.07, 6.45) is 6.08. The molecule has 0 fully saturated rings. The molecule has 0 amide bonds. The van der Waals surface area contributed by atoms with Crippen LogP contribution in [0.3, 0.4) is 0 Å². The lowest BCUT2D eigenvalue weighted by Crippen LogP contribution is -1.83. The van der Waals surface area contributed by atoms with Gasteiger partial charge in [-0.1, -0.05) is 54.6 Å². The Morgan fingerprint density at radius 3 is 2.53 bits per heavy atom. The van der Waals surface area contributed by atoms with Crippen LogP contribution in [0, 0.1) is 6.92 Å². The summed E-state index contributed by atoms with van der Waals surface area (Å²) in [6, 6.07) is 18.7. The van der Waals surface area contributed by atoms with Gasteiger partial charge in [-0.3, -0.25) is 4.98 Å². The van der Waals surface area contributed by atoms with Crippen molar-refractivity contribution in [3.63, 3.8) is 0 Å². The van der Waals surface area contributed by atoms with E-state index < -0.39 is 0 Å². The summed E-state index contributed by atoms with van der Waals surface area (Å²) in [6.45, 7) is 2.12. The molecule has 0 aliphatic rings. The minimum Gasteiger partial charge on any atom is -0.256 e. The lowest BCUT2D eigenvalue weighted by Gasteiger charge is -2.02. The van der Waals surface area contributed by atoms with Gasteiger partial charge in [0.2, 0.25) is 0 Å². The highest BCUT2D eigenvalue weighted by Gasteiger charge is 1.98. The van der Waals surface area contributed by atoms with Gasteiger partial charge in [0.25, 0.3) is 0 Å². The van der Waals surface area contributed by atoms with E-state index >= 15 is 0 Å². The maximum atomic E-state index is 4.46. The number of fused-ring (bicyclic) bond motifs is 1. The molecule has 1 heterocycles. The van der Waals surface area contributed by atoms with Crippen LogP contribution in [0.1, 0.15) is 16.8 Å². The number of benzene rings is 2. The molecule has 0 saturated heterocycles. The number of rotatable bonds is 2. The van der Waals surface area contributed by atoms with E-state index in [9.17, 15) is 0 Å². The number of hydrogen-bond acceptors (Lipinski definition) is 1. The number of nitrogens with zero attached hydrogens (tertiary/aromatic N) is 1. The zero-order valence-electron chi connectivity index (χ0n) is 10.9. The molecule has 1 aromatic heterocycles. The third-order valence-electron chi connectivity index (χ3n) is 3.31. The molecule has 1 heteroatoms. The normalized spacial score (nSPS) is 11.2. The second-order valence-corrected chi connectivity index (χ2v) is 4.61. The largest absolute Gasteiger partial charge is 0.256 e. The van der Waals surface area contributed by atoms with E-state index in [2.05, 4.69) is 72.6 Å². The van der Waals surface area contributed by atoms with Gasteiger partial charge >= 0.3 is 0 Å². The van der Waals surface area contributed by atoms with Crippen LogP contribution in [-0.2, 0) is 0 Å². The zero-order valence-corrected chi connectivity index (χ0v) is 10.9. The third kappa shape index (κ3) is 2.41. The Kier molecular flexibility index (Phi) is 3.11. The topological polar surface area (TPSA) is 12.9 Å². The lowest BCUT2D eigenvalue weighted by molar-refractivity contribution is 1.33. The SMILES string of the molecule is Cc1ccccc1/C=C/c1nccc2ccccc12. The van der Waals surface area contributed by atoms with Gasteiger partial charge in [-0.2, -0.15) is 0 Å². The van der Waals surface area contributed by atoms with Gasteiger partial charge in [0, 0.05) is 11.6 Å². The molecule has 0 aliphatic heterocycles. The second kappa shape index (κ2) is 5.07. The predicted molar refractivity (Wildman–Crippen MR) is 81.9 cm³/mol. The molecule has 0 radical (unpaired) electrons. The Morgan fingerprint density at radius 2 is 1.63 bits per heavy atom. The van der Waals surface area contributed by atoms with E-state index in [4.69, 9.17) is 0 Å². The number of hydrogen-bond donors (Lipinski definition) is 0. The average Bonchev–Trinajstić information content (AvgIpc) is 2.46. The molecule has 3 aromatic rings. The molecule has 0 saturated carbocycles. The summed E-state index contributed by atoms with van der Waals surface area (Å²) in [5.74, 6) is 0. The van der Waals surface area contributed by atoms with E-state index in [1.54, 1.807) is 0 Å². The Bertz CT molecular complexity index is 736. The van der Waals surface area contributed by atoms with Gasteiger partial charge in [0.15, 0.2) is 0 Å². The Hall–Kier alpha value is -2.41. The summed E-state index contributed by atoms with van der Waals surface area (Å²) >= 11 is 0. The van der Waals surface area contributed by atoms with Crippen molar-refractivity contribution in [2.24, 2.45) is 0 Å². The molecule has 0 atom stereocenters. The maximum absolute atomic E-state index is 4.46. The molecule has 1 nitrogen and oxygen atoms in total. The summed E-state index contributed by atoms with van der Waals surface area (Å²) in [4.78, 5) is 4.46. The van der Waals surface area contributed by atoms with Gasteiger partial charge in [-0.05, 0) is 35.6 Å². The Balaban J connectivity index is 2.04. The van der Waals surface area contributed by atoms with Crippen molar-refractivity contribution in [1.82, 2.24) is 4.98 Å². The second-order valence-electron chi connectivity index (χ2n) is 4.61. The molecule has 2 aromatic carbocycles. The number of pyridine rings is 1. The van der Waals surface area contributed by atoms with Crippen molar-refractivity contribution in [2.75, 3.05) is 0 Å². The highest BCUT2D eigenvalue weighted by molar-refractivity contribution is 5.91. The van der Waals surface area contributed by atoms with Crippen molar-refractivity contribution in [3.05, 3.63) is 77.6 Å². The molecule has 19 heavy (non-hydrogen) atoms. The third-order valence-corrected chi connectivity index (χ3v) is 3.31. The van der Waals surface area contributed by atoms with E-state index in [0.29, 0.717) is 0 Å². The summed E-state index contributed by atoms with van der Waals surface area (Å²) in [5.41, 5.74) is 3.53. The fraction of sp³-hybridized carbons (Fsp3) is 0.0556. The first kappa shape index (κ1) is 11.7. The van der Waals surface area contributed by atoms with Crippen molar-refractivity contribution in [3.8, 4) is 0 Å². The smallest absolute Gasteiger partial charge is 0.0708 e. The predicted octanol–water partition coefficient (Wildman–Crippen LogP) is 4.71. The fourth-order valence-electron chi connectivity index (χ4n) is 2.22. The van der Waals surface area contributed by atoms with Crippen LogP contribution in [0.15, 0.2) is 60.8 Å². The van der Waals surface area contributed by atoms with Crippen molar-refractivity contribution >= 4 is 22.9 Å². The molecular weight excluding hydrogens is 230 g/mol. The highest BCUT2D eigenvalue weighted by atomic mass is 14.7. The van der Waals surface area contributed by atoms with Gasteiger partial charge < -0.3 is 0 Å². The van der Waals surface area contributed by atoms with Crippen molar-refractivity contribution in [1.29, 1.82) is 0 Å². The van der Waals surface area contributed by atoms with Gasteiger partial charge in [0.05, 0.1) is 5.69 Å². The van der Waals surface area contributed by atoms with E-state index in [-0.39, 0.29) is 0 Å². The van der Waals surface area contributed by atoms with Crippen LogP contribution in [0.2, 0.25) is 0 Å². The summed E-state index contributed by atoms with van der Waals surface area (Å²) in [5, 5.41) is 2.41. The standard InChI is InChI=1S/C18H15N/c1-14-6-2-3-7-15(14)10-11-18-17-9-5-4-8-16(17)12-13-19-18/h2-13H,1H3/b11-10+. The Morgan fingerprint density at radius 1 is 0.842 bits per heavy atom. The molecule has 0 N–H and O–H groups in total. The lowest BCUT2D eigenvalue weighted by atomic mass is 10.1. The Labute approximate surface area is 113 Å². The first-order valence-electron chi connectivity index (χ1n) is 6.42. The van der Waals surface area contributed by atoms with E-state index in [1.807, 2.05) is 12.3 Å². The number of aromatic nitrogens is 1. The van der Waals surface area contributed by atoms with Crippen LogP contribution >= 0.6 is 0 Å². The fourth-order valence-corrected chi connectivity index (χ4v) is 2.22. The molecule has 0 spiro atoms. The van der Waals surface area contributed by atoms with Crippen molar-refractivity contribution in [2.45, 2.75) is 6.92 Å². The average molecular weight is 245 g/mol. The maximum Gasteiger partial charge on any atom is 0.0708 e. The van der Waals surface area contributed by atoms with Gasteiger partial charge in [-0.15, -0.1) is 0 Å². The van der Waals surface area contributed by atoms with Gasteiger partial charge in [0.1, 0.15) is 0 Å². The molecule has 0 unspecified atom stereocenters. The van der Waals surface area contributed by atoms with Gasteiger partial charge in [-0.25, -0.2) is 0 Å². The van der Waals surface area contributed by atoms with Crippen molar-refractivity contribution < 1.29 is 0 Å². The molecule has 3 rings (SSSR count). The molecular formula is C18H15N. The first-order valence-corrected chi connectivity index (χ1v) is 6.42. The minimum atomic E-state index is 1.02. The molecule has 92 valence electrons. The monoisotopic (exact) mass is 245 g/mol. The first-order chi connectivity index (χ1) is 9.34. The molecule has 0 aliphatic carbocycles. The van der Waals surface area contributed by atoms with E-state index in [1.165, 1.54) is 21.9 Å². The van der Waals surface area contributed by atoms with Crippen LogP contribution in [0.25, 0.3) is 22.9 Å². The van der Waals surface area contributed by atoms with E-state index in [0.717, 1.165) is 5.69 Å². The summed E-state index contributed by atoms with van der Waals surface area (Å²) < 4.78 is 0. The van der Waals surface area contributed by atoms with Crippen LogP contribution in [0.5, 0.6) is 0 Å². The number of aryl methyl sites for hydroxylation is 1. The van der Waals surface area contributed by atoms with Crippen LogP contribution < -0.4 is 0 Å². The molecule has 0 bridgehead atoms. The van der Waals surface area contributed by atoms with Crippen LogP contribution in [-0.4, -0.2) is 4.98 Å². The minimum absolute atomic E-state index is 1.02. The van der Waals surface area contributed by atoms with Crippen LogP contribution in [0.4, 0.5) is 0 Å². The summed E-state index contributed by atoms with van der Waals surface area (Å²) in [7, 11) is 0. The quantitative estimate of drug-likeness (QED) is 0.637. The zero-order chi connectivity index (χ0) is 13.1.